The Labute approximate surface area is 144 Å². The van der Waals surface area contributed by atoms with Gasteiger partial charge in [0.05, 0.1) is 23.6 Å². The van der Waals surface area contributed by atoms with Crippen LogP contribution in [0.3, 0.4) is 0 Å². The van der Waals surface area contributed by atoms with E-state index in [1.165, 1.54) is 12.1 Å². The van der Waals surface area contributed by atoms with E-state index in [1.54, 1.807) is 4.72 Å². The van der Waals surface area contributed by atoms with Crippen molar-refractivity contribution in [3.8, 4) is 5.69 Å². The van der Waals surface area contributed by atoms with Crippen LogP contribution in [0.4, 0.5) is 13.2 Å². The second-order valence-electron chi connectivity index (χ2n) is 4.98. The maximum atomic E-state index is 12.8. The van der Waals surface area contributed by atoms with E-state index in [0.717, 1.165) is 41.9 Å². The molecule has 0 aliphatic rings. The van der Waals surface area contributed by atoms with Crippen molar-refractivity contribution in [2.75, 3.05) is 0 Å². The Morgan fingerprint density at radius 1 is 1.27 bits per heavy atom. The third-order valence-electron chi connectivity index (χ3n) is 3.20. The number of alkyl halides is 3. The quantitative estimate of drug-likeness (QED) is 0.735. The third kappa shape index (κ3) is 3.59. The van der Waals surface area contributed by atoms with Gasteiger partial charge in [0.15, 0.2) is 12.1 Å². The first kappa shape index (κ1) is 17.7. The molecule has 3 rings (SSSR count). The maximum absolute atomic E-state index is 12.8. The lowest BCUT2D eigenvalue weighted by Crippen LogP contribution is -2.30. The Bertz CT molecular complexity index is 1040. The molecule has 26 heavy (non-hydrogen) atoms. The Kier molecular flexibility index (Phi) is 4.28. The molecular weight excluding hydrogens is 377 g/mol. The predicted molar refractivity (Wildman–Crippen MR) is 79.7 cm³/mol. The summed E-state index contributed by atoms with van der Waals surface area (Å²) in [4.78, 5) is 14.9. The summed E-state index contributed by atoms with van der Waals surface area (Å²) in [6, 6.07) is 4.19. The van der Waals surface area contributed by atoms with Crippen molar-refractivity contribution in [1.82, 2.24) is 19.5 Å². The molecule has 12 heteroatoms. The summed E-state index contributed by atoms with van der Waals surface area (Å²) in [7, 11) is -4.30. The Balaban J connectivity index is 1.87. The lowest BCUT2D eigenvalue weighted by atomic mass is 10.2. The molecule has 3 aromatic rings. The molecule has 0 saturated heterocycles. The van der Waals surface area contributed by atoms with Crippen molar-refractivity contribution >= 4 is 15.9 Å². The van der Waals surface area contributed by atoms with E-state index in [0.29, 0.717) is 0 Å². The first-order chi connectivity index (χ1) is 12.2. The second kappa shape index (κ2) is 6.29. The SMILES string of the molecule is O=C(NS(=O)(=O)c1cnn(-c2cccc(C(F)(F)F)c2)c1)c1cocn1. The van der Waals surface area contributed by atoms with Gasteiger partial charge in [-0.3, -0.25) is 4.79 Å². The molecule has 2 heterocycles. The van der Waals surface area contributed by atoms with Crippen LogP contribution in [0.15, 0.2) is 58.6 Å². The smallest absolute Gasteiger partial charge is 0.416 e. The number of oxazole rings is 1. The molecule has 8 nitrogen and oxygen atoms in total. The molecule has 0 radical (unpaired) electrons. The van der Waals surface area contributed by atoms with Gasteiger partial charge in [-0.1, -0.05) is 6.07 Å². The molecule has 0 unspecified atom stereocenters. The van der Waals surface area contributed by atoms with Gasteiger partial charge in [0, 0.05) is 0 Å². The molecule has 0 aliphatic carbocycles. The average molecular weight is 386 g/mol. The molecular formula is C14H9F3N4O4S. The predicted octanol–water partition coefficient (Wildman–Crippen LogP) is 2.00. The minimum atomic E-state index is -4.55. The van der Waals surface area contributed by atoms with Crippen molar-refractivity contribution in [1.29, 1.82) is 0 Å². The van der Waals surface area contributed by atoms with Gasteiger partial charge in [0.25, 0.3) is 15.9 Å². The van der Waals surface area contributed by atoms with Crippen molar-refractivity contribution < 1.29 is 30.8 Å². The van der Waals surface area contributed by atoms with Gasteiger partial charge in [0.1, 0.15) is 11.2 Å². The molecule has 1 aromatic carbocycles. The summed E-state index contributed by atoms with van der Waals surface area (Å²) in [5, 5.41) is 3.73. The zero-order valence-corrected chi connectivity index (χ0v) is 13.5. The third-order valence-corrected chi connectivity index (χ3v) is 4.48. The van der Waals surface area contributed by atoms with Crippen molar-refractivity contribution in [2.45, 2.75) is 11.1 Å². The van der Waals surface area contributed by atoms with Gasteiger partial charge in [-0.25, -0.2) is 22.8 Å². The standard InChI is InChI=1S/C14H9F3N4O4S/c15-14(16,17)9-2-1-3-10(4-9)21-6-11(5-19-21)26(23,24)20-13(22)12-7-25-8-18-12/h1-8H,(H,20,22). The highest BCUT2D eigenvalue weighted by Crippen LogP contribution is 2.30. The first-order valence-electron chi connectivity index (χ1n) is 6.84. The number of carbonyl (C=O) groups is 1. The summed E-state index contributed by atoms with van der Waals surface area (Å²) < 4.78 is 70.0. The Morgan fingerprint density at radius 2 is 2.04 bits per heavy atom. The fourth-order valence-corrected chi connectivity index (χ4v) is 2.86. The summed E-state index contributed by atoms with van der Waals surface area (Å²) in [5.41, 5.74) is -1.16. The van der Waals surface area contributed by atoms with Crippen LogP contribution in [0.1, 0.15) is 16.1 Å². The Hall–Kier alpha value is -3.15. The molecule has 0 bridgehead atoms. The van der Waals surface area contributed by atoms with Crippen molar-refractivity contribution in [3.63, 3.8) is 0 Å². The number of nitrogens with zero attached hydrogens (tertiary/aromatic N) is 3. The summed E-state index contributed by atoms with van der Waals surface area (Å²) in [6.07, 6.45) is -0.764. The highest BCUT2D eigenvalue weighted by atomic mass is 32.2. The van der Waals surface area contributed by atoms with Gasteiger partial charge in [-0.2, -0.15) is 18.3 Å². The van der Waals surface area contributed by atoms with Gasteiger partial charge in [-0.15, -0.1) is 0 Å². The van der Waals surface area contributed by atoms with E-state index in [2.05, 4.69) is 14.5 Å². The molecule has 2 aromatic heterocycles. The van der Waals surface area contributed by atoms with Gasteiger partial charge >= 0.3 is 6.18 Å². The number of halogens is 3. The minimum Gasteiger partial charge on any atom is -0.451 e. The highest BCUT2D eigenvalue weighted by molar-refractivity contribution is 7.90. The second-order valence-corrected chi connectivity index (χ2v) is 6.66. The van der Waals surface area contributed by atoms with Crippen LogP contribution >= 0.6 is 0 Å². The van der Waals surface area contributed by atoms with Crippen LogP contribution in [0, 0.1) is 0 Å². The van der Waals surface area contributed by atoms with Crippen LogP contribution in [0.5, 0.6) is 0 Å². The summed E-state index contributed by atoms with van der Waals surface area (Å²) in [6.45, 7) is 0. The molecule has 0 saturated carbocycles. The minimum absolute atomic E-state index is 0.00380. The maximum Gasteiger partial charge on any atom is 0.416 e. The molecule has 0 aliphatic heterocycles. The van der Waals surface area contributed by atoms with Crippen LogP contribution < -0.4 is 4.72 Å². The van der Waals surface area contributed by atoms with Gasteiger partial charge < -0.3 is 4.42 Å². The van der Waals surface area contributed by atoms with Gasteiger partial charge in [0.2, 0.25) is 0 Å². The van der Waals surface area contributed by atoms with Crippen molar-refractivity contribution in [3.05, 3.63) is 60.6 Å². The fourth-order valence-electron chi connectivity index (χ4n) is 1.97. The number of benzene rings is 1. The fraction of sp³-hybridized carbons (Fsp3) is 0.0714. The number of sulfonamides is 1. The number of rotatable bonds is 4. The van der Waals surface area contributed by atoms with E-state index in [4.69, 9.17) is 0 Å². The van der Waals surface area contributed by atoms with Crippen LogP contribution in [0.25, 0.3) is 5.69 Å². The van der Waals surface area contributed by atoms with E-state index in [9.17, 15) is 26.4 Å². The van der Waals surface area contributed by atoms with E-state index < -0.39 is 32.6 Å². The average Bonchev–Trinajstić information content (AvgIpc) is 3.26. The Morgan fingerprint density at radius 3 is 2.69 bits per heavy atom. The normalized spacial score (nSPS) is 12.1. The monoisotopic (exact) mass is 386 g/mol. The van der Waals surface area contributed by atoms with E-state index in [1.807, 2.05) is 0 Å². The molecule has 136 valence electrons. The number of nitrogens with one attached hydrogen (secondary N) is 1. The van der Waals surface area contributed by atoms with E-state index >= 15 is 0 Å². The number of hydrogen-bond donors (Lipinski definition) is 1. The molecule has 0 spiro atoms. The zero-order chi connectivity index (χ0) is 18.9. The lowest BCUT2D eigenvalue weighted by molar-refractivity contribution is -0.137. The summed E-state index contributed by atoms with van der Waals surface area (Å²) in [5.74, 6) is -1.02. The zero-order valence-electron chi connectivity index (χ0n) is 12.6. The number of hydrogen-bond acceptors (Lipinski definition) is 6. The first-order valence-corrected chi connectivity index (χ1v) is 8.33. The number of aromatic nitrogens is 3. The van der Waals surface area contributed by atoms with Crippen LogP contribution in [0.2, 0.25) is 0 Å². The van der Waals surface area contributed by atoms with Crippen LogP contribution in [-0.2, 0) is 16.2 Å². The van der Waals surface area contributed by atoms with Crippen molar-refractivity contribution in [2.24, 2.45) is 0 Å². The number of amides is 1. The topological polar surface area (TPSA) is 107 Å². The largest absolute Gasteiger partial charge is 0.451 e. The number of carbonyl (C=O) groups excluding carboxylic acids is 1. The molecule has 1 amide bonds. The lowest BCUT2D eigenvalue weighted by Gasteiger charge is -2.08. The van der Waals surface area contributed by atoms with Gasteiger partial charge in [-0.05, 0) is 18.2 Å². The molecule has 1 N–H and O–H groups in total. The summed E-state index contributed by atoms with van der Waals surface area (Å²) >= 11 is 0. The van der Waals surface area contributed by atoms with E-state index in [-0.39, 0.29) is 11.4 Å². The molecule has 0 fully saturated rings. The molecule has 0 atom stereocenters. The highest BCUT2D eigenvalue weighted by Gasteiger charge is 2.30. The van der Waals surface area contributed by atoms with Crippen LogP contribution in [-0.4, -0.2) is 29.1 Å².